The van der Waals surface area contributed by atoms with Gasteiger partial charge in [0.15, 0.2) is 0 Å². The zero-order chi connectivity index (χ0) is 19.0. The second-order valence-corrected chi connectivity index (χ2v) is 6.14. The highest BCUT2D eigenvalue weighted by atomic mass is 19.1. The summed E-state index contributed by atoms with van der Waals surface area (Å²) in [6.07, 6.45) is 5.18. The minimum absolute atomic E-state index is 0.0583. The number of aromatic nitrogens is 3. The predicted molar refractivity (Wildman–Crippen MR) is 94.7 cm³/mol. The van der Waals surface area contributed by atoms with E-state index < -0.39 is 17.5 Å². The molecule has 25 heavy (non-hydrogen) atoms. The lowest BCUT2D eigenvalue weighted by Crippen LogP contribution is -2.37. The highest BCUT2D eigenvalue weighted by molar-refractivity contribution is 5.85. The lowest BCUT2D eigenvalue weighted by molar-refractivity contribution is 0.0575. The molecule has 7 heteroatoms. The third-order valence-corrected chi connectivity index (χ3v) is 2.72. The molecule has 0 fully saturated rings. The Morgan fingerprint density at radius 1 is 1.16 bits per heavy atom. The van der Waals surface area contributed by atoms with Crippen molar-refractivity contribution in [3.05, 3.63) is 47.8 Å². The Bertz CT molecular complexity index is 684. The Kier molecular flexibility index (Phi) is 7.42. The molecule has 0 aromatic carbocycles. The van der Waals surface area contributed by atoms with Crippen LogP contribution in [0.4, 0.5) is 15.1 Å². The molecule has 0 aliphatic heterocycles. The van der Waals surface area contributed by atoms with Gasteiger partial charge in [0.25, 0.3) is 0 Å². The van der Waals surface area contributed by atoms with Gasteiger partial charge in [-0.3, -0.25) is 4.98 Å². The van der Waals surface area contributed by atoms with Crippen molar-refractivity contribution in [2.24, 2.45) is 0 Å². The van der Waals surface area contributed by atoms with Gasteiger partial charge < -0.3 is 4.74 Å². The number of ether oxygens (including phenoxy) is 1. The second-order valence-electron chi connectivity index (χ2n) is 6.14. The van der Waals surface area contributed by atoms with E-state index in [2.05, 4.69) is 15.0 Å². The molecule has 0 radical (unpaired) electrons. The largest absolute Gasteiger partial charge is 0.443 e. The normalized spacial score (nSPS) is 10.5. The van der Waals surface area contributed by atoms with Crippen LogP contribution in [-0.2, 0) is 11.3 Å². The molecule has 0 N–H and O–H groups in total. The summed E-state index contributed by atoms with van der Waals surface area (Å²) in [4.78, 5) is 25.8. The molecule has 0 spiro atoms. The maximum atomic E-state index is 13.3. The van der Waals surface area contributed by atoms with Crippen molar-refractivity contribution in [2.45, 2.75) is 53.7 Å². The highest BCUT2D eigenvalue weighted by Gasteiger charge is 2.25. The molecule has 0 aliphatic rings. The number of pyridine rings is 1. The van der Waals surface area contributed by atoms with Gasteiger partial charge in [0, 0.05) is 18.6 Å². The van der Waals surface area contributed by atoms with E-state index in [4.69, 9.17) is 4.74 Å². The monoisotopic (exact) mass is 348 g/mol. The molecule has 2 heterocycles. The van der Waals surface area contributed by atoms with Crippen LogP contribution in [0.5, 0.6) is 0 Å². The first-order valence-electron chi connectivity index (χ1n) is 8.13. The van der Waals surface area contributed by atoms with Crippen LogP contribution in [0.2, 0.25) is 0 Å². The maximum absolute atomic E-state index is 13.3. The van der Waals surface area contributed by atoms with Gasteiger partial charge >= 0.3 is 6.09 Å². The van der Waals surface area contributed by atoms with Gasteiger partial charge in [-0.1, -0.05) is 13.8 Å². The second kappa shape index (κ2) is 9.05. The summed E-state index contributed by atoms with van der Waals surface area (Å²) in [7, 11) is 0. The highest BCUT2D eigenvalue weighted by Crippen LogP contribution is 2.17. The van der Waals surface area contributed by atoms with Crippen LogP contribution in [0.25, 0.3) is 0 Å². The number of anilines is 1. The number of rotatable bonds is 3. The Morgan fingerprint density at radius 2 is 1.76 bits per heavy atom. The lowest BCUT2D eigenvalue weighted by Gasteiger charge is -2.26. The van der Waals surface area contributed by atoms with Gasteiger partial charge in [0.2, 0.25) is 5.95 Å². The average molecular weight is 348 g/mol. The van der Waals surface area contributed by atoms with Crippen LogP contribution in [0.1, 0.15) is 45.7 Å². The summed E-state index contributed by atoms with van der Waals surface area (Å²) in [5.41, 5.74) is 0.713. The lowest BCUT2D eigenvalue weighted by atomic mass is 10.2. The SMILES string of the molecule is CC.Cc1cnc(N(Cc2cncc(F)c2)C(=O)OC(C)(C)C)nc1. The van der Waals surface area contributed by atoms with E-state index in [1.807, 2.05) is 20.8 Å². The summed E-state index contributed by atoms with van der Waals surface area (Å²) in [5.74, 6) is -0.287. The number of amides is 1. The number of aryl methyl sites for hydroxylation is 1. The molecule has 0 saturated carbocycles. The van der Waals surface area contributed by atoms with Crippen LogP contribution < -0.4 is 4.90 Å². The van der Waals surface area contributed by atoms with Crippen molar-refractivity contribution < 1.29 is 13.9 Å². The Hall–Kier alpha value is -2.57. The van der Waals surface area contributed by atoms with Gasteiger partial charge in [0.1, 0.15) is 11.4 Å². The zero-order valence-electron chi connectivity index (χ0n) is 15.6. The molecule has 0 unspecified atom stereocenters. The van der Waals surface area contributed by atoms with E-state index >= 15 is 0 Å². The van der Waals surface area contributed by atoms with E-state index in [9.17, 15) is 9.18 Å². The van der Waals surface area contributed by atoms with E-state index in [0.29, 0.717) is 5.56 Å². The quantitative estimate of drug-likeness (QED) is 0.828. The first-order chi connectivity index (χ1) is 11.7. The zero-order valence-corrected chi connectivity index (χ0v) is 15.6. The maximum Gasteiger partial charge on any atom is 0.417 e. The van der Waals surface area contributed by atoms with Crippen molar-refractivity contribution in [1.82, 2.24) is 15.0 Å². The van der Waals surface area contributed by atoms with Crippen molar-refractivity contribution in [3.63, 3.8) is 0 Å². The number of nitrogens with zero attached hydrogens (tertiary/aromatic N) is 4. The molecule has 2 rings (SSSR count). The summed E-state index contributed by atoms with van der Waals surface area (Å²) in [6, 6.07) is 1.30. The Morgan fingerprint density at radius 3 is 2.28 bits per heavy atom. The number of hydrogen-bond donors (Lipinski definition) is 0. The van der Waals surface area contributed by atoms with E-state index in [-0.39, 0.29) is 12.5 Å². The standard InChI is InChI=1S/C16H19FN4O2.C2H6/c1-11-6-19-14(20-7-11)21(15(22)23-16(2,3)4)10-12-5-13(17)9-18-8-12;1-2/h5-9H,10H2,1-4H3;1-2H3. The molecule has 1 amide bonds. The first kappa shape index (κ1) is 20.5. The smallest absolute Gasteiger partial charge is 0.417 e. The first-order valence-corrected chi connectivity index (χ1v) is 8.13. The third-order valence-electron chi connectivity index (χ3n) is 2.72. The van der Waals surface area contributed by atoms with Crippen molar-refractivity contribution in [1.29, 1.82) is 0 Å². The minimum Gasteiger partial charge on any atom is -0.443 e. The number of carbonyl (C=O) groups is 1. The van der Waals surface area contributed by atoms with Crippen LogP contribution in [0, 0.1) is 12.7 Å². The molecule has 2 aromatic heterocycles. The van der Waals surface area contributed by atoms with Crippen molar-refractivity contribution in [3.8, 4) is 0 Å². The van der Waals surface area contributed by atoms with Gasteiger partial charge in [-0.25, -0.2) is 24.1 Å². The average Bonchev–Trinajstić information content (AvgIpc) is 2.54. The fourth-order valence-electron chi connectivity index (χ4n) is 1.78. The number of carbonyl (C=O) groups excluding carboxylic acids is 1. The Labute approximate surface area is 148 Å². The summed E-state index contributed by atoms with van der Waals surface area (Å²) in [6.45, 7) is 11.2. The van der Waals surface area contributed by atoms with E-state index in [1.165, 1.54) is 17.2 Å². The van der Waals surface area contributed by atoms with Crippen molar-refractivity contribution >= 4 is 12.0 Å². The molecule has 6 nitrogen and oxygen atoms in total. The van der Waals surface area contributed by atoms with Gasteiger partial charge in [-0.2, -0.15) is 0 Å². The molecule has 0 saturated heterocycles. The minimum atomic E-state index is -0.666. The van der Waals surface area contributed by atoms with Gasteiger partial charge in [-0.05, 0) is 44.9 Å². The molecule has 2 aromatic rings. The van der Waals surface area contributed by atoms with Crippen LogP contribution in [0.3, 0.4) is 0 Å². The summed E-state index contributed by atoms with van der Waals surface area (Å²) in [5, 5.41) is 0. The predicted octanol–water partition coefficient (Wildman–Crippen LogP) is 4.29. The fraction of sp³-hybridized carbons (Fsp3) is 0.444. The Balaban J connectivity index is 0.00000151. The molecule has 0 aliphatic carbocycles. The van der Waals surface area contributed by atoms with Gasteiger partial charge in [-0.15, -0.1) is 0 Å². The number of halogens is 1. The fourth-order valence-corrected chi connectivity index (χ4v) is 1.78. The molecule has 136 valence electrons. The molecular formula is C18H25FN4O2. The van der Waals surface area contributed by atoms with Crippen LogP contribution in [0.15, 0.2) is 30.9 Å². The topological polar surface area (TPSA) is 68.2 Å². The molecule has 0 bridgehead atoms. The summed E-state index contributed by atoms with van der Waals surface area (Å²) >= 11 is 0. The van der Waals surface area contributed by atoms with Crippen LogP contribution >= 0.6 is 0 Å². The summed E-state index contributed by atoms with van der Waals surface area (Å²) < 4.78 is 18.7. The number of hydrogen-bond acceptors (Lipinski definition) is 5. The molecule has 0 atom stereocenters. The third kappa shape index (κ3) is 6.82. The van der Waals surface area contributed by atoms with Gasteiger partial charge in [0.05, 0.1) is 12.7 Å². The van der Waals surface area contributed by atoms with E-state index in [1.54, 1.807) is 33.2 Å². The molecular weight excluding hydrogens is 323 g/mol. The van der Waals surface area contributed by atoms with Crippen LogP contribution in [-0.4, -0.2) is 26.6 Å². The van der Waals surface area contributed by atoms with Crippen molar-refractivity contribution in [2.75, 3.05) is 4.90 Å². The van der Waals surface area contributed by atoms with E-state index in [0.717, 1.165) is 11.8 Å².